The second kappa shape index (κ2) is 3.85. The molecule has 0 amide bonds. The zero-order chi connectivity index (χ0) is 10.3. The first-order valence-corrected chi connectivity index (χ1v) is 6.56. The molecule has 1 aromatic heterocycles. The predicted molar refractivity (Wildman–Crippen MR) is 62.2 cm³/mol. The van der Waals surface area contributed by atoms with Crippen molar-refractivity contribution in [2.75, 3.05) is 20.1 Å². The number of aromatic nitrogens is 1. The van der Waals surface area contributed by atoms with Gasteiger partial charge in [-0.25, -0.2) is 4.98 Å². The molecule has 82 valence electrons. The Hall–Kier alpha value is -0.450. The van der Waals surface area contributed by atoms with Gasteiger partial charge < -0.3 is 5.32 Å². The summed E-state index contributed by atoms with van der Waals surface area (Å²) in [7, 11) is 2.20. The molecule has 0 spiro atoms. The molecule has 2 aliphatic rings. The Morgan fingerprint density at radius 3 is 2.93 bits per heavy atom. The van der Waals surface area contributed by atoms with Crippen molar-refractivity contribution in [3.05, 3.63) is 16.1 Å². The lowest BCUT2D eigenvalue weighted by Crippen LogP contribution is -2.55. The fourth-order valence-electron chi connectivity index (χ4n) is 1.88. The SMILES string of the molecule is CN(Cc1csc(C2CC2)n1)C1CNC1. The lowest BCUT2D eigenvalue weighted by Gasteiger charge is -2.35. The summed E-state index contributed by atoms with van der Waals surface area (Å²) in [5.41, 5.74) is 1.26. The van der Waals surface area contributed by atoms with Crippen LogP contribution in [0.2, 0.25) is 0 Å². The van der Waals surface area contributed by atoms with Gasteiger partial charge in [-0.15, -0.1) is 11.3 Å². The maximum absolute atomic E-state index is 4.71. The second-order valence-electron chi connectivity index (χ2n) is 4.68. The Labute approximate surface area is 94.5 Å². The third-order valence-electron chi connectivity index (χ3n) is 3.29. The molecule has 1 saturated heterocycles. The van der Waals surface area contributed by atoms with Gasteiger partial charge in [0.25, 0.3) is 0 Å². The summed E-state index contributed by atoms with van der Waals surface area (Å²) in [4.78, 5) is 7.11. The second-order valence-corrected chi connectivity index (χ2v) is 5.57. The molecular formula is C11H17N3S. The van der Waals surface area contributed by atoms with Crippen LogP contribution in [0.3, 0.4) is 0 Å². The third kappa shape index (κ3) is 2.07. The molecule has 2 heterocycles. The average Bonchev–Trinajstić information content (AvgIpc) is 2.86. The highest BCUT2D eigenvalue weighted by molar-refractivity contribution is 7.09. The van der Waals surface area contributed by atoms with E-state index in [1.54, 1.807) is 0 Å². The van der Waals surface area contributed by atoms with E-state index in [0.717, 1.165) is 31.6 Å². The number of nitrogens with zero attached hydrogens (tertiary/aromatic N) is 2. The summed E-state index contributed by atoms with van der Waals surface area (Å²) >= 11 is 1.85. The van der Waals surface area contributed by atoms with Crippen LogP contribution in [-0.2, 0) is 6.54 Å². The maximum Gasteiger partial charge on any atom is 0.0959 e. The topological polar surface area (TPSA) is 28.2 Å². The highest BCUT2D eigenvalue weighted by atomic mass is 32.1. The van der Waals surface area contributed by atoms with Gasteiger partial charge >= 0.3 is 0 Å². The van der Waals surface area contributed by atoms with Crippen LogP contribution in [0.15, 0.2) is 5.38 Å². The normalized spacial score (nSPS) is 22.0. The number of rotatable bonds is 4. The molecule has 1 aliphatic heterocycles. The van der Waals surface area contributed by atoms with E-state index >= 15 is 0 Å². The zero-order valence-electron chi connectivity index (χ0n) is 9.07. The van der Waals surface area contributed by atoms with Crippen molar-refractivity contribution in [3.63, 3.8) is 0 Å². The quantitative estimate of drug-likeness (QED) is 0.837. The minimum atomic E-state index is 0.719. The van der Waals surface area contributed by atoms with Crippen LogP contribution in [0, 0.1) is 0 Å². The van der Waals surface area contributed by atoms with Gasteiger partial charge in [-0.2, -0.15) is 0 Å². The fraction of sp³-hybridized carbons (Fsp3) is 0.727. The number of hydrogen-bond acceptors (Lipinski definition) is 4. The first-order chi connectivity index (χ1) is 7.33. The molecule has 4 heteroatoms. The number of hydrogen-bond donors (Lipinski definition) is 1. The summed E-state index contributed by atoms with van der Waals surface area (Å²) in [5.74, 6) is 0.805. The molecule has 0 atom stereocenters. The van der Waals surface area contributed by atoms with E-state index in [2.05, 4.69) is 22.6 Å². The smallest absolute Gasteiger partial charge is 0.0959 e. The predicted octanol–water partition coefficient (Wildman–Crippen LogP) is 1.42. The molecule has 1 aromatic rings. The van der Waals surface area contributed by atoms with Crippen molar-refractivity contribution >= 4 is 11.3 Å². The molecule has 3 nitrogen and oxygen atoms in total. The van der Waals surface area contributed by atoms with Crippen LogP contribution >= 0.6 is 11.3 Å². The van der Waals surface area contributed by atoms with Gasteiger partial charge in [-0.1, -0.05) is 0 Å². The lowest BCUT2D eigenvalue weighted by atomic mass is 10.1. The Morgan fingerprint density at radius 1 is 1.53 bits per heavy atom. The molecule has 0 aromatic carbocycles. The van der Waals surface area contributed by atoms with Gasteiger partial charge in [0.1, 0.15) is 0 Å². The van der Waals surface area contributed by atoms with Crippen molar-refractivity contribution in [1.82, 2.24) is 15.2 Å². The molecule has 2 fully saturated rings. The van der Waals surface area contributed by atoms with Crippen LogP contribution in [0.5, 0.6) is 0 Å². The van der Waals surface area contributed by atoms with Crippen molar-refractivity contribution in [1.29, 1.82) is 0 Å². The van der Waals surface area contributed by atoms with E-state index < -0.39 is 0 Å². The summed E-state index contributed by atoms with van der Waals surface area (Å²) < 4.78 is 0. The van der Waals surface area contributed by atoms with Gasteiger partial charge in [-0.05, 0) is 19.9 Å². The molecule has 1 aliphatic carbocycles. The van der Waals surface area contributed by atoms with Crippen LogP contribution in [-0.4, -0.2) is 36.1 Å². The number of nitrogens with one attached hydrogen (secondary N) is 1. The van der Waals surface area contributed by atoms with Gasteiger partial charge in [0, 0.05) is 37.0 Å². The molecule has 0 bridgehead atoms. The Balaban J connectivity index is 1.60. The Kier molecular flexibility index (Phi) is 2.50. The molecule has 3 rings (SSSR count). The first-order valence-electron chi connectivity index (χ1n) is 5.68. The molecule has 1 saturated carbocycles. The van der Waals surface area contributed by atoms with Crippen molar-refractivity contribution in [2.45, 2.75) is 31.3 Å². The first kappa shape index (κ1) is 9.75. The van der Waals surface area contributed by atoms with Crippen molar-refractivity contribution in [2.24, 2.45) is 0 Å². The monoisotopic (exact) mass is 223 g/mol. The fourth-order valence-corrected chi connectivity index (χ4v) is 2.86. The lowest BCUT2D eigenvalue weighted by molar-refractivity contribution is 0.171. The van der Waals surface area contributed by atoms with Crippen LogP contribution < -0.4 is 5.32 Å². The highest BCUT2D eigenvalue weighted by Gasteiger charge is 2.27. The van der Waals surface area contributed by atoms with Gasteiger partial charge in [0.15, 0.2) is 0 Å². The summed E-state index contributed by atoms with van der Waals surface area (Å²) in [6, 6.07) is 0.719. The van der Waals surface area contributed by atoms with Gasteiger partial charge in [0.05, 0.1) is 10.7 Å². The minimum Gasteiger partial charge on any atom is -0.314 e. The van der Waals surface area contributed by atoms with E-state index in [1.165, 1.54) is 23.5 Å². The largest absolute Gasteiger partial charge is 0.314 e. The summed E-state index contributed by atoms with van der Waals surface area (Å²) in [5, 5.41) is 6.90. The summed E-state index contributed by atoms with van der Waals surface area (Å²) in [6.45, 7) is 3.28. The van der Waals surface area contributed by atoms with Crippen LogP contribution in [0.1, 0.15) is 29.5 Å². The van der Waals surface area contributed by atoms with Crippen LogP contribution in [0.25, 0.3) is 0 Å². The third-order valence-corrected chi connectivity index (χ3v) is 4.35. The van der Waals surface area contributed by atoms with E-state index in [-0.39, 0.29) is 0 Å². The molecular weight excluding hydrogens is 206 g/mol. The van der Waals surface area contributed by atoms with Crippen molar-refractivity contribution in [3.8, 4) is 0 Å². The Morgan fingerprint density at radius 2 is 2.33 bits per heavy atom. The Bertz CT molecular complexity index is 341. The highest BCUT2D eigenvalue weighted by Crippen LogP contribution is 2.41. The van der Waals surface area contributed by atoms with Gasteiger partial charge in [0.2, 0.25) is 0 Å². The number of likely N-dealkylation sites (N-methyl/N-ethyl adjacent to an activating group) is 1. The number of thiazole rings is 1. The summed E-state index contributed by atoms with van der Waals surface area (Å²) in [6.07, 6.45) is 2.71. The van der Waals surface area contributed by atoms with E-state index in [0.29, 0.717) is 0 Å². The average molecular weight is 223 g/mol. The van der Waals surface area contributed by atoms with Gasteiger partial charge in [-0.3, -0.25) is 4.90 Å². The molecule has 15 heavy (non-hydrogen) atoms. The molecule has 1 N–H and O–H groups in total. The van der Waals surface area contributed by atoms with E-state index in [9.17, 15) is 0 Å². The van der Waals surface area contributed by atoms with E-state index in [4.69, 9.17) is 4.98 Å². The zero-order valence-corrected chi connectivity index (χ0v) is 9.89. The van der Waals surface area contributed by atoms with E-state index in [1.807, 2.05) is 11.3 Å². The standard InChI is InChI=1S/C11H17N3S/c1-14(10-4-12-5-10)6-9-7-15-11(13-9)8-2-3-8/h7-8,10,12H,2-6H2,1H3. The maximum atomic E-state index is 4.71. The van der Waals surface area contributed by atoms with Crippen LogP contribution in [0.4, 0.5) is 0 Å². The minimum absolute atomic E-state index is 0.719. The molecule has 0 radical (unpaired) electrons. The van der Waals surface area contributed by atoms with Crippen molar-refractivity contribution < 1.29 is 0 Å². The molecule has 0 unspecified atom stereocenters.